The SMILES string of the molecule is CC.CC.CCc1ccccc1.Cc1ccc(-c2nn[nH]n2)cc1.Cc1ccc2c(c1)N=NC2.Cc1ccc2cn[nH]c2c1. The Morgan fingerprint density at radius 3 is 2.02 bits per heavy atom. The number of hydrogen-bond donors (Lipinski definition) is 2. The van der Waals surface area contributed by atoms with Crippen molar-refractivity contribution in [2.45, 2.75) is 68.4 Å². The van der Waals surface area contributed by atoms with E-state index in [9.17, 15) is 0 Å². The highest BCUT2D eigenvalue weighted by atomic mass is 15.5. The molecule has 44 heavy (non-hydrogen) atoms. The fourth-order valence-electron chi connectivity index (χ4n) is 3.84. The lowest BCUT2D eigenvalue weighted by atomic mass is 10.1. The Bertz CT molecular complexity index is 1620. The van der Waals surface area contributed by atoms with Crippen LogP contribution in [-0.4, -0.2) is 30.8 Å². The van der Waals surface area contributed by atoms with Gasteiger partial charge in [-0.15, -0.1) is 10.2 Å². The number of hydrogen-bond acceptors (Lipinski definition) is 6. The normalized spacial score (nSPS) is 10.2. The molecule has 0 saturated carbocycles. The molecule has 6 aromatic rings. The van der Waals surface area contributed by atoms with Crippen molar-refractivity contribution in [1.82, 2.24) is 30.8 Å². The first-order valence-electron chi connectivity index (χ1n) is 15.2. The number of tetrazole rings is 1. The maximum atomic E-state index is 3.99. The summed E-state index contributed by atoms with van der Waals surface area (Å²) < 4.78 is 0. The van der Waals surface area contributed by atoms with Gasteiger partial charge in [-0.25, -0.2) is 0 Å². The molecule has 0 radical (unpaired) electrons. The first-order valence-corrected chi connectivity index (χ1v) is 15.2. The van der Waals surface area contributed by atoms with Crippen molar-refractivity contribution in [3.05, 3.63) is 125 Å². The van der Waals surface area contributed by atoms with E-state index >= 15 is 0 Å². The Morgan fingerprint density at radius 2 is 1.39 bits per heavy atom. The van der Waals surface area contributed by atoms with Crippen LogP contribution >= 0.6 is 0 Å². The number of nitrogens with one attached hydrogen (secondary N) is 2. The van der Waals surface area contributed by atoms with Crippen LogP contribution in [-0.2, 0) is 13.0 Å². The van der Waals surface area contributed by atoms with Crippen molar-refractivity contribution in [2.24, 2.45) is 10.2 Å². The summed E-state index contributed by atoms with van der Waals surface area (Å²) >= 11 is 0. The van der Waals surface area contributed by atoms with Gasteiger partial charge in [-0.1, -0.05) is 119 Å². The Kier molecular flexibility index (Phi) is 16.0. The van der Waals surface area contributed by atoms with Crippen molar-refractivity contribution in [3.63, 3.8) is 0 Å². The molecule has 0 spiro atoms. The predicted molar refractivity (Wildman–Crippen MR) is 183 cm³/mol. The molecule has 1 aliphatic rings. The minimum atomic E-state index is 0.634. The summed E-state index contributed by atoms with van der Waals surface area (Å²) in [5.74, 6) is 0.634. The third-order valence-electron chi connectivity index (χ3n) is 6.16. The molecule has 7 rings (SSSR count). The highest BCUT2D eigenvalue weighted by Gasteiger charge is 2.05. The molecule has 0 amide bonds. The van der Waals surface area contributed by atoms with Gasteiger partial charge in [0.05, 0.1) is 23.9 Å². The highest BCUT2D eigenvalue weighted by Crippen LogP contribution is 2.27. The number of aromatic nitrogens is 6. The summed E-state index contributed by atoms with van der Waals surface area (Å²) in [7, 11) is 0. The molecule has 0 atom stereocenters. The Balaban J connectivity index is 0.000000198. The second kappa shape index (κ2) is 20.0. The van der Waals surface area contributed by atoms with Gasteiger partial charge in [-0.05, 0) is 61.2 Å². The van der Waals surface area contributed by atoms with Crippen LogP contribution in [0.15, 0.2) is 107 Å². The Hall–Kier alpha value is -4.98. The molecule has 2 aromatic heterocycles. The maximum absolute atomic E-state index is 3.99. The molecule has 0 unspecified atom stereocenters. The van der Waals surface area contributed by atoms with Crippen LogP contribution in [0.4, 0.5) is 5.69 Å². The lowest BCUT2D eigenvalue weighted by Crippen LogP contribution is -1.80. The summed E-state index contributed by atoms with van der Waals surface area (Å²) in [5.41, 5.74) is 9.52. The van der Waals surface area contributed by atoms with Gasteiger partial charge in [0.25, 0.3) is 0 Å². The summed E-state index contributed by atoms with van der Waals surface area (Å²) in [5, 5.41) is 29.5. The van der Waals surface area contributed by atoms with E-state index in [4.69, 9.17) is 0 Å². The topological polar surface area (TPSA) is 108 Å². The van der Waals surface area contributed by atoms with Crippen molar-refractivity contribution in [1.29, 1.82) is 0 Å². The number of aromatic amines is 2. The first-order chi connectivity index (χ1) is 21.5. The molecule has 0 fully saturated rings. The summed E-state index contributed by atoms with van der Waals surface area (Å²) in [6.45, 7) is 17.1. The smallest absolute Gasteiger partial charge is 0.204 e. The van der Waals surface area contributed by atoms with E-state index in [0.29, 0.717) is 5.82 Å². The summed E-state index contributed by atoms with van der Waals surface area (Å²) in [4.78, 5) is 0. The van der Waals surface area contributed by atoms with Crippen LogP contribution in [0.1, 0.15) is 62.4 Å². The van der Waals surface area contributed by atoms with Gasteiger partial charge >= 0.3 is 0 Å². The van der Waals surface area contributed by atoms with Crippen LogP contribution < -0.4 is 0 Å². The monoisotopic (exact) mass is 590 g/mol. The van der Waals surface area contributed by atoms with Crippen LogP contribution in [0.3, 0.4) is 0 Å². The number of fused-ring (bicyclic) bond motifs is 2. The van der Waals surface area contributed by atoms with Gasteiger partial charge in [-0.2, -0.15) is 20.5 Å². The number of rotatable bonds is 2. The summed E-state index contributed by atoms with van der Waals surface area (Å²) in [6, 6.07) is 30.9. The molecule has 1 aliphatic heterocycles. The van der Waals surface area contributed by atoms with Gasteiger partial charge in [0.15, 0.2) is 0 Å². The fourth-order valence-corrected chi connectivity index (χ4v) is 3.84. The minimum absolute atomic E-state index is 0.634. The lowest BCUT2D eigenvalue weighted by Gasteiger charge is -1.94. The highest BCUT2D eigenvalue weighted by molar-refractivity contribution is 5.78. The quantitative estimate of drug-likeness (QED) is 0.209. The second-order valence-electron chi connectivity index (χ2n) is 9.43. The van der Waals surface area contributed by atoms with Gasteiger partial charge in [0, 0.05) is 16.5 Å². The molecule has 8 heteroatoms. The average Bonchev–Trinajstić information content (AvgIpc) is 3.87. The zero-order chi connectivity index (χ0) is 32.2. The minimum Gasteiger partial charge on any atom is -0.278 e. The fraction of sp³-hybridized carbons (Fsp3) is 0.278. The van der Waals surface area contributed by atoms with E-state index in [0.717, 1.165) is 29.7 Å². The van der Waals surface area contributed by atoms with E-state index < -0.39 is 0 Å². The Labute approximate surface area is 262 Å². The molecule has 230 valence electrons. The second-order valence-corrected chi connectivity index (χ2v) is 9.43. The molecule has 8 nitrogen and oxygen atoms in total. The van der Waals surface area contributed by atoms with Gasteiger partial charge in [-0.3, -0.25) is 5.10 Å². The van der Waals surface area contributed by atoms with Crippen molar-refractivity contribution in [3.8, 4) is 11.4 Å². The van der Waals surface area contributed by atoms with Crippen molar-refractivity contribution >= 4 is 16.6 Å². The van der Waals surface area contributed by atoms with E-state index in [1.54, 1.807) is 0 Å². The van der Waals surface area contributed by atoms with E-state index in [1.165, 1.54) is 33.2 Å². The van der Waals surface area contributed by atoms with Gasteiger partial charge in [0.2, 0.25) is 5.82 Å². The van der Waals surface area contributed by atoms with Crippen molar-refractivity contribution < 1.29 is 0 Å². The number of aryl methyl sites for hydroxylation is 4. The van der Waals surface area contributed by atoms with Crippen LogP contribution in [0, 0.1) is 20.8 Å². The molecule has 0 bridgehead atoms. The molecule has 0 saturated heterocycles. The lowest BCUT2D eigenvalue weighted by molar-refractivity contribution is 0.881. The zero-order valence-corrected chi connectivity index (χ0v) is 27.3. The largest absolute Gasteiger partial charge is 0.278 e. The van der Waals surface area contributed by atoms with E-state index in [-0.39, 0.29) is 0 Å². The van der Waals surface area contributed by atoms with Gasteiger partial charge < -0.3 is 0 Å². The number of nitrogens with zero attached hydrogens (tertiary/aromatic N) is 6. The van der Waals surface area contributed by atoms with E-state index in [2.05, 4.69) is 122 Å². The molecule has 2 N–H and O–H groups in total. The maximum Gasteiger partial charge on any atom is 0.204 e. The molecule has 0 aliphatic carbocycles. The van der Waals surface area contributed by atoms with Crippen molar-refractivity contribution in [2.75, 3.05) is 0 Å². The Morgan fingerprint density at radius 1 is 0.727 bits per heavy atom. The standard InChI is InChI=1S/C8H8N4.2C8H8N2.C8H10.2C2H6/c1-6-2-4-7(5-3-6)8-9-11-12-10-8;2*1-6-2-3-7-5-9-10-8(7)4-6;1-2-8-6-4-3-5-7-8;2*1-2/h2-5H,1H3,(H,9,10,11,12);2-4H,5H2,1H3;2-5H,1H3,(H,9,10);3-7H,2H2,1H3;2*1-2H3. The number of benzene rings is 4. The first kappa shape index (κ1) is 35.2. The molecular weight excluding hydrogens is 544 g/mol. The zero-order valence-electron chi connectivity index (χ0n) is 27.3. The van der Waals surface area contributed by atoms with Gasteiger partial charge in [0.1, 0.15) is 0 Å². The van der Waals surface area contributed by atoms with Crippen LogP contribution in [0.25, 0.3) is 22.3 Å². The van der Waals surface area contributed by atoms with Crippen LogP contribution in [0.2, 0.25) is 0 Å². The number of H-pyrrole nitrogens is 2. The molecule has 4 aromatic carbocycles. The average molecular weight is 591 g/mol. The van der Waals surface area contributed by atoms with E-state index in [1.807, 2.05) is 71.1 Å². The molecule has 3 heterocycles. The third-order valence-corrected chi connectivity index (χ3v) is 6.16. The van der Waals surface area contributed by atoms with Crippen LogP contribution in [0.5, 0.6) is 0 Å². The number of azo groups is 1. The predicted octanol–water partition coefficient (Wildman–Crippen LogP) is 9.94. The molecular formula is C36H46N8. The summed E-state index contributed by atoms with van der Waals surface area (Å²) in [6.07, 6.45) is 2.97. The third kappa shape index (κ3) is 11.7.